The van der Waals surface area contributed by atoms with Crippen molar-refractivity contribution in [3.05, 3.63) is 29.3 Å². The molecule has 1 aromatic rings. The molecule has 5 rings (SSSR count). The van der Waals surface area contributed by atoms with Gasteiger partial charge >= 0.3 is 0 Å². The van der Waals surface area contributed by atoms with Crippen molar-refractivity contribution in [1.82, 2.24) is 15.1 Å². The Morgan fingerprint density at radius 1 is 1.15 bits per heavy atom. The molecule has 0 spiro atoms. The number of carbonyl (C=O) groups is 4. The number of imide groups is 1. The zero-order chi connectivity index (χ0) is 23.5. The van der Waals surface area contributed by atoms with Crippen molar-refractivity contribution in [3.63, 3.8) is 0 Å². The van der Waals surface area contributed by atoms with Crippen LogP contribution in [0.2, 0.25) is 0 Å². The van der Waals surface area contributed by atoms with Crippen molar-refractivity contribution in [1.29, 1.82) is 0 Å². The van der Waals surface area contributed by atoms with Crippen molar-refractivity contribution in [3.8, 4) is 5.75 Å². The maximum atomic E-state index is 12.8. The highest BCUT2D eigenvalue weighted by molar-refractivity contribution is 6.05. The fraction of sp³-hybridized carbons (Fsp3) is 0.583. The van der Waals surface area contributed by atoms with Gasteiger partial charge in [-0.1, -0.05) is 13.3 Å². The van der Waals surface area contributed by atoms with Crippen LogP contribution in [0, 0.1) is 5.92 Å². The van der Waals surface area contributed by atoms with E-state index >= 15 is 0 Å². The molecule has 9 heteroatoms. The number of benzene rings is 1. The fourth-order valence-corrected chi connectivity index (χ4v) is 5.29. The average molecular weight is 458 g/mol. The summed E-state index contributed by atoms with van der Waals surface area (Å²) in [6.45, 7) is 4.55. The number of nitrogens with one attached hydrogen (secondary N) is 1. The lowest BCUT2D eigenvalue weighted by Crippen LogP contribution is -2.52. The molecule has 2 saturated heterocycles. The van der Waals surface area contributed by atoms with Crippen LogP contribution < -0.4 is 10.1 Å². The Morgan fingerprint density at radius 2 is 1.91 bits per heavy atom. The predicted octanol–water partition coefficient (Wildman–Crippen LogP) is 1.79. The minimum Gasteiger partial charge on any atom is -0.489 e. The van der Waals surface area contributed by atoms with E-state index in [0.29, 0.717) is 24.4 Å². The highest BCUT2D eigenvalue weighted by Crippen LogP contribution is 2.33. The van der Waals surface area contributed by atoms with Gasteiger partial charge in [0.1, 0.15) is 17.9 Å². The van der Waals surface area contributed by atoms with Gasteiger partial charge in [0.05, 0.1) is 0 Å². The van der Waals surface area contributed by atoms with Crippen molar-refractivity contribution in [2.24, 2.45) is 5.92 Å². The van der Waals surface area contributed by atoms with E-state index in [4.69, 9.17) is 14.6 Å². The molecule has 0 radical (unpaired) electrons. The number of fused-ring (bicyclic) bond motifs is 1. The summed E-state index contributed by atoms with van der Waals surface area (Å²) in [5.74, 6) is 0.612. The van der Waals surface area contributed by atoms with Gasteiger partial charge in [-0.15, -0.1) is 0 Å². The number of likely N-dealkylation sites (tertiary alicyclic amines) is 1. The van der Waals surface area contributed by atoms with Crippen LogP contribution in [0.1, 0.15) is 61.4 Å². The third-order valence-corrected chi connectivity index (χ3v) is 7.04. The SMILES string of the molecule is C[C@@H]1C[C@@H](Oc2ccc3c(c2)CN(C2CCC(=O)NC2=O)C3=O)CN(C2CCC2)C1.O=CO. The molecule has 3 amide bonds. The van der Waals surface area contributed by atoms with Crippen LogP contribution >= 0.6 is 0 Å². The Bertz CT molecular complexity index is 931. The number of hydrogen-bond acceptors (Lipinski definition) is 6. The van der Waals surface area contributed by atoms with E-state index < -0.39 is 6.04 Å². The highest BCUT2D eigenvalue weighted by atomic mass is 16.5. The largest absolute Gasteiger partial charge is 0.489 e. The first kappa shape index (κ1) is 23.2. The second-order valence-corrected chi connectivity index (χ2v) is 9.44. The van der Waals surface area contributed by atoms with Crippen LogP contribution in [0.15, 0.2) is 18.2 Å². The first-order chi connectivity index (χ1) is 15.9. The highest BCUT2D eigenvalue weighted by Gasteiger charge is 2.39. The van der Waals surface area contributed by atoms with Gasteiger partial charge in [0.15, 0.2) is 0 Å². The smallest absolute Gasteiger partial charge is 0.290 e. The molecule has 1 aromatic carbocycles. The van der Waals surface area contributed by atoms with E-state index in [1.165, 1.54) is 19.3 Å². The zero-order valence-electron chi connectivity index (χ0n) is 18.9. The van der Waals surface area contributed by atoms with E-state index in [9.17, 15) is 14.4 Å². The van der Waals surface area contributed by atoms with Crippen LogP contribution in [-0.2, 0) is 20.9 Å². The molecule has 3 heterocycles. The Kier molecular flexibility index (Phi) is 6.97. The van der Waals surface area contributed by atoms with E-state index in [2.05, 4.69) is 17.1 Å². The standard InChI is InChI=1S/C23H29N3O4.CH2O2/c1-14-9-18(13-25(11-14)16-3-2-4-16)30-17-5-6-19-15(10-17)12-26(23(19)29)20-7-8-21(27)24-22(20)28;2-1-3/h5-6,10,14,16,18,20H,2-4,7-9,11-13H2,1H3,(H,24,27,28);1H,(H,2,3)/t14-,18-,20?;/m1./s1. The predicted molar refractivity (Wildman–Crippen MR) is 119 cm³/mol. The molecule has 33 heavy (non-hydrogen) atoms. The number of amides is 3. The van der Waals surface area contributed by atoms with Crippen LogP contribution in [0.25, 0.3) is 0 Å². The average Bonchev–Trinajstić information content (AvgIpc) is 3.02. The van der Waals surface area contributed by atoms with E-state index in [0.717, 1.165) is 36.9 Å². The van der Waals surface area contributed by atoms with Gasteiger partial charge in [0.2, 0.25) is 11.8 Å². The number of nitrogens with zero attached hydrogens (tertiary/aromatic N) is 2. The lowest BCUT2D eigenvalue weighted by molar-refractivity contribution is -0.137. The molecule has 9 nitrogen and oxygen atoms in total. The van der Waals surface area contributed by atoms with Gasteiger partial charge in [-0.3, -0.25) is 29.4 Å². The number of carbonyl (C=O) groups excluding carboxylic acids is 3. The van der Waals surface area contributed by atoms with Crippen LogP contribution in [-0.4, -0.2) is 70.4 Å². The van der Waals surface area contributed by atoms with Crippen LogP contribution in [0.4, 0.5) is 0 Å². The number of carboxylic acid groups (broad SMARTS) is 1. The maximum absolute atomic E-state index is 12.8. The number of rotatable bonds is 4. The van der Waals surface area contributed by atoms with Gasteiger partial charge in [-0.05, 0) is 55.4 Å². The molecule has 0 aromatic heterocycles. The Labute approximate surface area is 193 Å². The molecule has 4 aliphatic rings. The minimum atomic E-state index is -0.581. The van der Waals surface area contributed by atoms with Crippen molar-refractivity contribution in [2.75, 3.05) is 13.1 Å². The summed E-state index contributed by atoms with van der Waals surface area (Å²) in [5, 5.41) is 9.23. The van der Waals surface area contributed by atoms with Crippen molar-refractivity contribution < 1.29 is 29.0 Å². The first-order valence-electron chi connectivity index (χ1n) is 11.7. The van der Waals surface area contributed by atoms with Gasteiger partial charge in [0.25, 0.3) is 12.4 Å². The van der Waals surface area contributed by atoms with Crippen molar-refractivity contribution in [2.45, 2.75) is 70.2 Å². The number of hydrogen-bond donors (Lipinski definition) is 2. The van der Waals surface area contributed by atoms with Gasteiger partial charge in [-0.25, -0.2) is 0 Å². The lowest BCUT2D eigenvalue weighted by atomic mass is 9.87. The Hall–Kier alpha value is -2.94. The van der Waals surface area contributed by atoms with Crippen molar-refractivity contribution >= 4 is 24.2 Å². The normalized spacial score (nSPS) is 27.7. The molecule has 1 unspecified atom stereocenters. The summed E-state index contributed by atoms with van der Waals surface area (Å²) >= 11 is 0. The van der Waals surface area contributed by atoms with Crippen LogP contribution in [0.5, 0.6) is 5.75 Å². The molecule has 3 fully saturated rings. The molecule has 1 saturated carbocycles. The fourth-order valence-electron chi connectivity index (χ4n) is 5.29. The summed E-state index contributed by atoms with van der Waals surface area (Å²) in [4.78, 5) is 49.0. The Morgan fingerprint density at radius 3 is 2.58 bits per heavy atom. The minimum absolute atomic E-state index is 0.145. The summed E-state index contributed by atoms with van der Waals surface area (Å²) in [6, 6.07) is 5.78. The van der Waals surface area contributed by atoms with Gasteiger partial charge in [-0.2, -0.15) is 0 Å². The molecule has 1 aliphatic carbocycles. The second-order valence-electron chi connectivity index (χ2n) is 9.44. The summed E-state index contributed by atoms with van der Waals surface area (Å²) in [7, 11) is 0. The molecule has 0 bridgehead atoms. The van der Waals surface area contributed by atoms with Crippen LogP contribution in [0.3, 0.4) is 0 Å². The van der Waals surface area contributed by atoms with Gasteiger partial charge < -0.3 is 14.7 Å². The zero-order valence-corrected chi connectivity index (χ0v) is 18.9. The molecular formula is C24H31N3O6. The lowest BCUT2D eigenvalue weighted by Gasteiger charge is -2.44. The third-order valence-electron chi connectivity index (χ3n) is 7.04. The maximum Gasteiger partial charge on any atom is 0.290 e. The topological polar surface area (TPSA) is 116 Å². The third kappa shape index (κ3) is 5.03. The molecule has 3 atom stereocenters. The number of piperidine rings is 2. The summed E-state index contributed by atoms with van der Waals surface area (Å²) < 4.78 is 6.36. The molecule has 3 aliphatic heterocycles. The van der Waals surface area contributed by atoms with E-state index in [-0.39, 0.29) is 36.7 Å². The van der Waals surface area contributed by atoms with Gasteiger partial charge in [0, 0.05) is 37.7 Å². The Balaban J connectivity index is 0.000000821. The number of ether oxygens (including phenoxy) is 1. The molecular weight excluding hydrogens is 426 g/mol. The monoisotopic (exact) mass is 457 g/mol. The summed E-state index contributed by atoms with van der Waals surface area (Å²) in [6.07, 6.45) is 5.79. The summed E-state index contributed by atoms with van der Waals surface area (Å²) in [5.41, 5.74) is 1.52. The van der Waals surface area contributed by atoms with E-state index in [1.807, 2.05) is 18.2 Å². The quantitative estimate of drug-likeness (QED) is 0.523. The van der Waals surface area contributed by atoms with E-state index in [1.54, 1.807) is 4.90 Å². The molecule has 2 N–H and O–H groups in total. The first-order valence-corrected chi connectivity index (χ1v) is 11.7. The second kappa shape index (κ2) is 9.91. The molecule has 178 valence electrons.